The third-order valence-corrected chi connectivity index (χ3v) is 14.6. The van der Waals surface area contributed by atoms with Crippen LogP contribution >= 0.6 is 0 Å². The van der Waals surface area contributed by atoms with Crippen LogP contribution < -0.4 is 19.6 Å². The highest BCUT2D eigenvalue weighted by Gasteiger charge is 2.20. The summed E-state index contributed by atoms with van der Waals surface area (Å²) in [5, 5.41) is 4.80. The lowest BCUT2D eigenvalue weighted by molar-refractivity contribution is 1.26. The molecule has 0 atom stereocenters. The molecular formula is C74H54N4. The van der Waals surface area contributed by atoms with Crippen LogP contribution in [0.4, 0.5) is 68.2 Å². The lowest BCUT2D eigenvalue weighted by Gasteiger charge is -2.29. The van der Waals surface area contributed by atoms with Crippen molar-refractivity contribution >= 4 is 89.8 Å². The number of para-hydroxylation sites is 4. The minimum Gasteiger partial charge on any atom is -0.311 e. The fourth-order valence-electron chi connectivity index (χ4n) is 10.8. The van der Waals surface area contributed by atoms with Gasteiger partial charge in [0, 0.05) is 67.9 Å². The van der Waals surface area contributed by atoms with Crippen LogP contribution in [0, 0.1) is 0 Å². The van der Waals surface area contributed by atoms with E-state index in [0.717, 1.165) is 90.5 Å². The molecule has 0 unspecified atom stereocenters. The molecule has 4 heteroatoms. The van der Waals surface area contributed by atoms with Crippen LogP contribution in [0.5, 0.6) is 0 Å². The number of nitrogens with zero attached hydrogens (tertiary/aromatic N) is 4. The summed E-state index contributed by atoms with van der Waals surface area (Å²) in [6.45, 7) is 0. The first-order chi connectivity index (χ1) is 38.7. The molecule has 0 saturated carbocycles. The molecule has 0 aliphatic carbocycles. The number of hydrogen-bond acceptors (Lipinski definition) is 4. The van der Waals surface area contributed by atoms with Crippen molar-refractivity contribution in [1.82, 2.24) is 0 Å². The van der Waals surface area contributed by atoms with Crippen molar-refractivity contribution < 1.29 is 0 Å². The molecule has 78 heavy (non-hydrogen) atoms. The lowest BCUT2D eigenvalue weighted by atomic mass is 9.99. The monoisotopic (exact) mass is 998 g/mol. The van der Waals surface area contributed by atoms with E-state index in [-0.39, 0.29) is 0 Å². The van der Waals surface area contributed by atoms with E-state index < -0.39 is 0 Å². The molecule has 13 rings (SSSR count). The van der Waals surface area contributed by atoms with Crippen LogP contribution in [-0.4, -0.2) is 0 Å². The van der Waals surface area contributed by atoms with Crippen LogP contribution in [0.3, 0.4) is 0 Å². The number of hydrogen-bond donors (Lipinski definition) is 0. The molecule has 0 bridgehead atoms. The van der Waals surface area contributed by atoms with Gasteiger partial charge in [-0.2, -0.15) is 0 Å². The van der Waals surface area contributed by atoms with E-state index in [1.54, 1.807) is 0 Å². The van der Waals surface area contributed by atoms with Gasteiger partial charge in [-0.05, 0) is 178 Å². The molecule has 0 heterocycles. The van der Waals surface area contributed by atoms with Gasteiger partial charge < -0.3 is 19.6 Å². The van der Waals surface area contributed by atoms with Gasteiger partial charge in [-0.25, -0.2) is 0 Å². The van der Waals surface area contributed by atoms with Crippen molar-refractivity contribution in [1.29, 1.82) is 0 Å². The molecule has 370 valence electrons. The Morgan fingerprint density at radius 1 is 0.154 bits per heavy atom. The summed E-state index contributed by atoms with van der Waals surface area (Å²) >= 11 is 0. The van der Waals surface area contributed by atoms with E-state index >= 15 is 0 Å². The number of benzene rings is 13. The fraction of sp³-hybridized carbons (Fsp3) is 0. The second-order valence-electron chi connectivity index (χ2n) is 19.4. The second kappa shape index (κ2) is 21.4. The molecule has 0 spiro atoms. The predicted octanol–water partition coefficient (Wildman–Crippen LogP) is 21.2. The zero-order valence-electron chi connectivity index (χ0n) is 43.0. The van der Waals surface area contributed by atoms with Crippen LogP contribution in [0.25, 0.3) is 43.8 Å². The first kappa shape index (κ1) is 47.3. The quantitative estimate of drug-likeness (QED) is 0.108. The first-order valence-corrected chi connectivity index (χ1v) is 26.6. The number of anilines is 12. The number of fused-ring (bicyclic) bond motifs is 2. The molecule has 0 saturated heterocycles. The van der Waals surface area contributed by atoms with E-state index in [1.165, 1.54) is 21.5 Å². The highest BCUT2D eigenvalue weighted by Crippen LogP contribution is 2.44. The Morgan fingerprint density at radius 2 is 0.423 bits per heavy atom. The van der Waals surface area contributed by atoms with E-state index in [4.69, 9.17) is 0 Å². The lowest BCUT2D eigenvalue weighted by Crippen LogP contribution is -2.12. The smallest absolute Gasteiger partial charge is 0.0540 e. The molecule has 0 aromatic heterocycles. The van der Waals surface area contributed by atoms with E-state index in [0.29, 0.717) is 0 Å². The minimum absolute atomic E-state index is 1.07. The van der Waals surface area contributed by atoms with Gasteiger partial charge in [-0.1, -0.05) is 188 Å². The van der Waals surface area contributed by atoms with Gasteiger partial charge >= 0.3 is 0 Å². The summed E-state index contributed by atoms with van der Waals surface area (Å²) in [5.41, 5.74) is 17.8. The Kier molecular flexibility index (Phi) is 13.0. The van der Waals surface area contributed by atoms with Crippen molar-refractivity contribution in [3.05, 3.63) is 328 Å². The molecule has 0 radical (unpaired) electrons. The third-order valence-electron chi connectivity index (χ3n) is 14.6. The summed E-state index contributed by atoms with van der Waals surface area (Å²) in [6.07, 6.45) is 0. The molecule has 4 nitrogen and oxygen atoms in total. The first-order valence-electron chi connectivity index (χ1n) is 26.6. The summed E-state index contributed by atoms with van der Waals surface area (Å²) in [4.78, 5) is 9.33. The Labute approximate surface area is 456 Å². The van der Waals surface area contributed by atoms with Gasteiger partial charge in [0.15, 0.2) is 0 Å². The van der Waals surface area contributed by atoms with Crippen molar-refractivity contribution in [3.8, 4) is 22.3 Å². The van der Waals surface area contributed by atoms with Crippen molar-refractivity contribution in [2.75, 3.05) is 19.6 Å². The Balaban J connectivity index is 0.788. The molecular weight excluding hydrogens is 945 g/mol. The van der Waals surface area contributed by atoms with E-state index in [9.17, 15) is 0 Å². The molecule has 0 fully saturated rings. The summed E-state index contributed by atoms with van der Waals surface area (Å²) < 4.78 is 0. The Bertz CT molecular complexity index is 4010. The van der Waals surface area contributed by atoms with Gasteiger partial charge in [-0.3, -0.25) is 0 Å². The van der Waals surface area contributed by atoms with Crippen molar-refractivity contribution in [2.24, 2.45) is 0 Å². The number of rotatable bonds is 14. The molecule has 0 amide bonds. The highest BCUT2D eigenvalue weighted by molar-refractivity contribution is 5.99. The maximum Gasteiger partial charge on any atom is 0.0540 e. The Morgan fingerprint density at radius 3 is 0.833 bits per heavy atom. The standard InChI is InChI=1S/C74H54N4/c1-5-22-62(23-6-1)75(63-24-7-2-8-25-63)67-46-48-69(49-47-67)77(72-45-40-55-18-13-14-20-61(55)54-72)66-41-36-58(37-42-66)56-32-34-57(35-33-56)59-38-43-70(44-39-59)78(74-31-17-21-60-19-15-16-30-73(60)74)71-52-50-68(51-53-71)76(64-26-9-3-10-27-64)65-28-11-4-12-29-65/h1-54H. The minimum atomic E-state index is 1.07. The molecule has 13 aromatic rings. The average Bonchev–Trinajstić information content (AvgIpc) is 3.54. The SMILES string of the molecule is c1ccc(N(c2ccccc2)c2ccc(N(c3ccc(-c4ccc(-c5ccc(N(c6ccc(N(c7ccccc7)c7ccccc7)cc6)c6cccc7ccccc67)cc5)cc4)cc3)c3ccc4ccccc4c3)cc2)cc1. The third kappa shape index (κ3) is 9.62. The van der Waals surface area contributed by atoms with Crippen LogP contribution in [0.2, 0.25) is 0 Å². The molecule has 0 aliphatic heterocycles. The van der Waals surface area contributed by atoms with Crippen molar-refractivity contribution in [3.63, 3.8) is 0 Å². The van der Waals surface area contributed by atoms with Crippen LogP contribution in [0.1, 0.15) is 0 Å². The zero-order valence-corrected chi connectivity index (χ0v) is 43.0. The Hall–Kier alpha value is -10.4. The van der Waals surface area contributed by atoms with Gasteiger partial charge in [0.05, 0.1) is 5.69 Å². The maximum atomic E-state index is 2.37. The molecule has 13 aromatic carbocycles. The molecule has 0 aliphatic rings. The fourth-order valence-corrected chi connectivity index (χ4v) is 10.8. The topological polar surface area (TPSA) is 13.0 Å². The van der Waals surface area contributed by atoms with Crippen LogP contribution in [0.15, 0.2) is 328 Å². The van der Waals surface area contributed by atoms with E-state index in [1.807, 2.05) is 0 Å². The van der Waals surface area contributed by atoms with Gasteiger partial charge in [0.25, 0.3) is 0 Å². The zero-order chi connectivity index (χ0) is 52.0. The molecule has 0 N–H and O–H groups in total. The normalized spacial score (nSPS) is 11.1. The van der Waals surface area contributed by atoms with E-state index in [2.05, 4.69) is 347 Å². The van der Waals surface area contributed by atoms with Crippen molar-refractivity contribution in [2.45, 2.75) is 0 Å². The van der Waals surface area contributed by atoms with Gasteiger partial charge in [0.2, 0.25) is 0 Å². The summed E-state index contributed by atoms with van der Waals surface area (Å²) in [6, 6.07) is 117. The highest BCUT2D eigenvalue weighted by atomic mass is 15.2. The second-order valence-corrected chi connectivity index (χ2v) is 19.4. The summed E-state index contributed by atoms with van der Waals surface area (Å²) in [7, 11) is 0. The summed E-state index contributed by atoms with van der Waals surface area (Å²) in [5.74, 6) is 0. The maximum absolute atomic E-state index is 2.37. The van der Waals surface area contributed by atoms with Gasteiger partial charge in [0.1, 0.15) is 0 Å². The van der Waals surface area contributed by atoms with Gasteiger partial charge in [-0.15, -0.1) is 0 Å². The predicted molar refractivity (Wildman–Crippen MR) is 331 cm³/mol. The van der Waals surface area contributed by atoms with Crippen LogP contribution in [-0.2, 0) is 0 Å². The largest absolute Gasteiger partial charge is 0.311 e. The average molecular weight is 999 g/mol.